The highest BCUT2D eigenvalue weighted by molar-refractivity contribution is 6.24. The molecule has 26 nitrogen and oxygen atoms in total. The molecule has 18 rings (SSSR count). The minimum Gasteiger partial charge on any atom is -0.354 e. The number of carbonyl (C=O) groups excluding carboxylic acids is 8. The summed E-state index contributed by atoms with van der Waals surface area (Å²) >= 11 is 0. The van der Waals surface area contributed by atoms with E-state index in [4.69, 9.17) is 20.2 Å². The number of aromatic nitrogens is 8. The molecule has 28 heteroatoms. The second kappa shape index (κ2) is 31.9. The fourth-order valence-electron chi connectivity index (χ4n) is 16.4. The summed E-state index contributed by atoms with van der Waals surface area (Å²) in [4.78, 5) is 131. The minimum atomic E-state index is -0.968. The number of nitrogens with zero attached hydrogens (tertiary/aromatic N) is 15. The summed E-state index contributed by atoms with van der Waals surface area (Å²) in [6.45, 7) is 12.0. The van der Waals surface area contributed by atoms with Crippen molar-refractivity contribution in [3.05, 3.63) is 214 Å². The highest BCUT2D eigenvalue weighted by atomic mass is 19.1. The zero-order valence-corrected chi connectivity index (χ0v) is 61.5. The maximum absolute atomic E-state index is 14.1. The molecule has 0 saturated carbocycles. The van der Waals surface area contributed by atoms with Crippen molar-refractivity contribution < 1.29 is 47.1 Å². The number of pyridine rings is 2. The van der Waals surface area contributed by atoms with Gasteiger partial charge < -0.3 is 24.9 Å². The van der Waals surface area contributed by atoms with Crippen LogP contribution in [0.2, 0.25) is 0 Å². The van der Waals surface area contributed by atoms with Gasteiger partial charge in [-0.15, -0.1) is 10.2 Å². The lowest BCUT2D eigenvalue weighted by molar-refractivity contribution is -0.137. The summed E-state index contributed by atoms with van der Waals surface area (Å²) in [6.07, 6.45) is 12.7. The van der Waals surface area contributed by atoms with Gasteiger partial charge in [0.15, 0.2) is 11.3 Å². The van der Waals surface area contributed by atoms with Crippen molar-refractivity contribution in [3.8, 4) is 22.8 Å². The molecule has 6 fully saturated rings. The van der Waals surface area contributed by atoms with E-state index >= 15 is 0 Å². The van der Waals surface area contributed by atoms with E-state index in [2.05, 4.69) is 63.4 Å². The Morgan fingerprint density at radius 1 is 0.441 bits per heavy atom. The molecule has 111 heavy (non-hydrogen) atoms. The number of amides is 8. The molecule has 8 aliphatic heterocycles. The average molecular weight is 1500 g/mol. The van der Waals surface area contributed by atoms with E-state index in [1.165, 1.54) is 12.1 Å². The fraction of sp³-hybridized carbons (Fsp3) is 0.349. The molecule has 0 bridgehead atoms. The number of unbranched alkanes of at least 4 members (excludes halogenated alkanes) is 1. The van der Waals surface area contributed by atoms with E-state index in [1.807, 2.05) is 100 Å². The molecule has 4 aromatic carbocycles. The Morgan fingerprint density at radius 2 is 0.901 bits per heavy atom. The van der Waals surface area contributed by atoms with Gasteiger partial charge in [0.25, 0.3) is 23.6 Å². The predicted octanol–water partition coefficient (Wildman–Crippen LogP) is 9.54. The second-order valence-corrected chi connectivity index (χ2v) is 29.2. The van der Waals surface area contributed by atoms with Crippen LogP contribution in [0.4, 0.5) is 32.1 Å². The SMILES string of the molecule is CCCCc1ccc2c(c1)C(=O)N(C1CCC(=O)NC1=O)C2=O.Fc1cccc([C@H]2CCCN2c2ccc3ncc(-c4cccc(N5CCNCC5)n4)n3n2)c1.O=C1CCC(N2C(=O)c3ccc(CCCN4CCN(c5cccc(-c6cnc7ccc(N8CCC[C@@H]8c8cccc(F)c8)nn67)n5)CC4)cc3C2=O)C(=O)N1. The van der Waals surface area contributed by atoms with E-state index in [0.29, 0.717) is 22.3 Å². The van der Waals surface area contributed by atoms with Crippen LogP contribution in [0.15, 0.2) is 158 Å². The smallest absolute Gasteiger partial charge is 0.262 e. The van der Waals surface area contributed by atoms with Gasteiger partial charge in [0.1, 0.15) is 58.4 Å². The number of piperidine rings is 2. The molecule has 0 radical (unpaired) electrons. The standard InChI is InChI=1S/C41H40FN9O4.C25H26FN7.C17H18N2O4/c42-28-7-1-6-27(24-28)32-9-4-18-49(32)37-15-14-35-43-25-34(51(35)46-37)31-8-2-10-36(44-31)48-21-19-47(20-22-48)17-3-5-26-11-12-29-30(23-26)41(55)50(40(29)54)33-13-16-38(52)45-39(33)53;26-19-5-1-4-18(16-19)21-7-3-13-32(21)25-10-9-23-28-17-22(33(23)30-25)20-6-2-8-24(29-20)31-14-11-27-12-15-31;1-2-3-4-10-5-6-11-12(9-10)17(23)19(16(11)22)13-7-8-14(20)18-15(13)21/h1-2,6-8,10-12,14-15,23-25,32-33H,3-5,9,13,16-22H2,(H,45,52,53);1-2,4-6,8-10,16-17,21,27H,3,7,11-15H2;5-6,9,13H,2-4,7-8H2,1H3,(H,18,20,21)/t32-,33?;21-;/m11./s1. The molecule has 3 N–H and O–H groups in total. The number of halogens is 2. The van der Waals surface area contributed by atoms with Crippen molar-refractivity contribution in [1.29, 1.82) is 0 Å². The summed E-state index contributed by atoms with van der Waals surface area (Å²) in [5.41, 5.74) is 10.1. The fourth-order valence-corrected chi connectivity index (χ4v) is 16.4. The molecule has 8 amide bonds. The molecule has 6 saturated heterocycles. The Hall–Kier alpha value is -12.0. The summed E-state index contributed by atoms with van der Waals surface area (Å²) in [5.74, 6) is -0.687. The number of hydrogen-bond donors (Lipinski definition) is 3. The number of hydrogen-bond acceptors (Lipinski definition) is 20. The van der Waals surface area contributed by atoms with Crippen LogP contribution in [-0.2, 0) is 32.0 Å². The third kappa shape index (κ3) is 15.2. The third-order valence-electron chi connectivity index (χ3n) is 22.2. The zero-order valence-electron chi connectivity index (χ0n) is 61.5. The molecule has 0 aliphatic carbocycles. The van der Waals surface area contributed by atoms with Gasteiger partial charge in [-0.3, -0.25) is 63.7 Å². The second-order valence-electron chi connectivity index (χ2n) is 29.2. The quantitative estimate of drug-likeness (QED) is 0.0715. The first-order chi connectivity index (χ1) is 54.1. The van der Waals surface area contributed by atoms with Crippen LogP contribution in [-0.4, -0.2) is 185 Å². The van der Waals surface area contributed by atoms with E-state index < -0.39 is 53.4 Å². The normalized spacial score (nSPS) is 20.1. The number of carbonyl (C=O) groups is 8. The highest BCUT2D eigenvalue weighted by Gasteiger charge is 2.46. The lowest BCUT2D eigenvalue weighted by Gasteiger charge is -2.35. The Morgan fingerprint density at radius 3 is 1.37 bits per heavy atom. The molecule has 10 aromatic rings. The Labute approximate surface area is 638 Å². The van der Waals surface area contributed by atoms with Gasteiger partial charge in [-0.25, -0.2) is 37.7 Å². The van der Waals surface area contributed by atoms with Crippen LogP contribution in [0.1, 0.15) is 153 Å². The first-order valence-corrected chi connectivity index (χ1v) is 38.4. The molecule has 2 unspecified atom stereocenters. The lowest BCUT2D eigenvalue weighted by Crippen LogP contribution is -2.54. The van der Waals surface area contributed by atoms with Gasteiger partial charge in [0.2, 0.25) is 23.6 Å². The van der Waals surface area contributed by atoms with Crippen molar-refractivity contribution >= 4 is 81.8 Å². The van der Waals surface area contributed by atoms with Crippen LogP contribution in [0, 0.1) is 11.6 Å². The van der Waals surface area contributed by atoms with Crippen LogP contribution in [0.5, 0.6) is 0 Å². The number of fused-ring (bicyclic) bond motifs is 4. The zero-order chi connectivity index (χ0) is 76.4. The summed E-state index contributed by atoms with van der Waals surface area (Å²) in [5, 5.41) is 17.8. The number of anilines is 4. The van der Waals surface area contributed by atoms with Crippen LogP contribution < -0.4 is 35.6 Å². The van der Waals surface area contributed by atoms with Crippen molar-refractivity contribution in [1.82, 2.24) is 69.8 Å². The number of nitrogens with one attached hydrogen (secondary N) is 3. The number of benzene rings is 4. The molecule has 14 heterocycles. The summed E-state index contributed by atoms with van der Waals surface area (Å²) in [6, 6.07) is 42.8. The summed E-state index contributed by atoms with van der Waals surface area (Å²) < 4.78 is 31.7. The minimum absolute atomic E-state index is 0.0596. The molecule has 4 atom stereocenters. The Bertz CT molecular complexity index is 5290. The topological polar surface area (TPSA) is 281 Å². The van der Waals surface area contributed by atoms with E-state index in [1.54, 1.807) is 48.5 Å². The Kier molecular flexibility index (Phi) is 21.0. The van der Waals surface area contributed by atoms with E-state index in [0.717, 1.165) is 219 Å². The third-order valence-corrected chi connectivity index (χ3v) is 22.2. The van der Waals surface area contributed by atoms with Crippen LogP contribution >= 0.6 is 0 Å². The Balaban J connectivity index is 0.000000141. The monoisotopic (exact) mass is 1500 g/mol. The number of rotatable bonds is 17. The first kappa shape index (κ1) is 73.1. The van der Waals surface area contributed by atoms with E-state index in [-0.39, 0.29) is 55.3 Å². The van der Waals surface area contributed by atoms with Crippen LogP contribution in [0.3, 0.4) is 0 Å². The van der Waals surface area contributed by atoms with Gasteiger partial charge in [-0.2, -0.15) is 0 Å². The van der Waals surface area contributed by atoms with Gasteiger partial charge in [-0.1, -0.05) is 61.9 Å². The highest BCUT2D eigenvalue weighted by Crippen LogP contribution is 2.39. The van der Waals surface area contributed by atoms with Gasteiger partial charge in [0.05, 0.1) is 58.1 Å². The first-order valence-electron chi connectivity index (χ1n) is 38.4. The van der Waals surface area contributed by atoms with E-state index in [9.17, 15) is 47.1 Å². The van der Waals surface area contributed by atoms with Crippen molar-refractivity contribution in [2.45, 2.75) is 115 Å². The number of imide groups is 4. The maximum atomic E-state index is 14.1. The van der Waals surface area contributed by atoms with Gasteiger partial charge >= 0.3 is 0 Å². The molecule has 6 aromatic heterocycles. The largest absolute Gasteiger partial charge is 0.354 e. The predicted molar refractivity (Wildman–Crippen MR) is 411 cm³/mol. The maximum Gasteiger partial charge on any atom is 0.262 e. The van der Waals surface area contributed by atoms with Crippen LogP contribution in [0.25, 0.3) is 34.1 Å². The number of imidazole rings is 2. The lowest BCUT2D eigenvalue weighted by atomic mass is 10.0. The molecule has 8 aliphatic rings. The van der Waals surface area contributed by atoms with Gasteiger partial charge in [0, 0.05) is 78.3 Å². The van der Waals surface area contributed by atoms with Gasteiger partial charge in [-0.05, 0) is 190 Å². The molecular weight excluding hydrogens is 1420 g/mol. The molecular formula is C83H84F2N18O8. The van der Waals surface area contributed by atoms with Crippen molar-refractivity contribution in [2.75, 3.05) is 91.6 Å². The van der Waals surface area contributed by atoms with Crippen molar-refractivity contribution in [3.63, 3.8) is 0 Å². The number of piperazine rings is 2. The summed E-state index contributed by atoms with van der Waals surface area (Å²) in [7, 11) is 0. The van der Waals surface area contributed by atoms with Crippen molar-refractivity contribution in [2.24, 2.45) is 0 Å². The number of aryl methyl sites for hydroxylation is 2. The molecule has 0 spiro atoms. The molecule has 568 valence electrons. The average Bonchev–Trinajstić information content (AvgIpc) is 1.63.